The quantitative estimate of drug-likeness (QED) is 0.261. The van der Waals surface area contributed by atoms with Crippen LogP contribution in [0, 0.1) is 5.41 Å². The van der Waals surface area contributed by atoms with Gasteiger partial charge in [0.05, 0.1) is 15.2 Å². The number of carbonyl (C=O) groups excluding carboxylic acids is 1. The van der Waals surface area contributed by atoms with Crippen LogP contribution in [-0.4, -0.2) is 23.8 Å². The second-order valence-electron chi connectivity index (χ2n) is 9.18. The molecule has 8 heteroatoms. The van der Waals surface area contributed by atoms with E-state index < -0.39 is 5.91 Å². The molecule has 2 aromatic rings. The van der Waals surface area contributed by atoms with Crippen molar-refractivity contribution in [2.45, 2.75) is 46.5 Å². The lowest BCUT2D eigenvalue weighted by Gasteiger charge is -2.33. The summed E-state index contributed by atoms with van der Waals surface area (Å²) in [6.07, 6.45) is 2.39. The number of rotatable bonds is 7. The van der Waals surface area contributed by atoms with Crippen LogP contribution in [0.5, 0.6) is 11.5 Å². The van der Waals surface area contributed by atoms with Crippen molar-refractivity contribution >= 4 is 59.9 Å². The SMILES string of the molecule is CC(C)(C)CC(C)(C)c1cc(Br)c(OCC(=O)N/N=C/c2cc(Br)ccc2O)c(Br)c1. The fourth-order valence-electron chi connectivity index (χ4n) is 3.49. The van der Waals surface area contributed by atoms with Gasteiger partial charge in [0.2, 0.25) is 0 Å². The molecule has 2 aromatic carbocycles. The van der Waals surface area contributed by atoms with E-state index in [2.05, 4.69) is 92.9 Å². The molecule has 0 saturated heterocycles. The summed E-state index contributed by atoms with van der Waals surface area (Å²) in [6, 6.07) is 9.02. The standard InChI is InChI=1S/C23H27Br3N2O3/c1-22(2,3)13-23(4,5)15-9-17(25)21(18(26)10-15)31-12-20(30)28-27-11-14-8-16(24)6-7-19(14)29/h6-11,29H,12-13H2,1-5H3,(H,28,30)/b27-11+. The Kier molecular flexibility index (Phi) is 8.76. The Morgan fingerprint density at radius 1 is 1.10 bits per heavy atom. The summed E-state index contributed by atoms with van der Waals surface area (Å²) in [4.78, 5) is 12.1. The van der Waals surface area contributed by atoms with Crippen molar-refractivity contribution in [2.75, 3.05) is 6.61 Å². The number of nitrogens with zero attached hydrogens (tertiary/aromatic N) is 1. The van der Waals surface area contributed by atoms with E-state index in [1.165, 1.54) is 17.8 Å². The van der Waals surface area contributed by atoms with Gasteiger partial charge in [-0.3, -0.25) is 4.79 Å². The minimum Gasteiger partial charge on any atom is -0.507 e. The van der Waals surface area contributed by atoms with Crippen molar-refractivity contribution in [1.82, 2.24) is 5.43 Å². The van der Waals surface area contributed by atoms with Crippen molar-refractivity contribution in [3.8, 4) is 11.5 Å². The smallest absolute Gasteiger partial charge is 0.277 e. The van der Waals surface area contributed by atoms with Crippen LogP contribution in [0.1, 0.15) is 52.2 Å². The number of halogens is 3. The highest BCUT2D eigenvalue weighted by Gasteiger charge is 2.28. The maximum atomic E-state index is 12.1. The van der Waals surface area contributed by atoms with Gasteiger partial charge in [-0.1, -0.05) is 50.5 Å². The van der Waals surface area contributed by atoms with E-state index >= 15 is 0 Å². The van der Waals surface area contributed by atoms with Gasteiger partial charge >= 0.3 is 0 Å². The zero-order valence-corrected chi connectivity index (χ0v) is 23.0. The van der Waals surface area contributed by atoms with Crippen LogP contribution in [0.25, 0.3) is 0 Å². The van der Waals surface area contributed by atoms with Crippen molar-refractivity contribution in [1.29, 1.82) is 0 Å². The minimum absolute atomic E-state index is 0.0219. The molecule has 31 heavy (non-hydrogen) atoms. The van der Waals surface area contributed by atoms with Crippen molar-refractivity contribution in [3.63, 3.8) is 0 Å². The zero-order chi connectivity index (χ0) is 23.4. The Labute approximate surface area is 209 Å². The molecule has 2 rings (SSSR count). The van der Waals surface area contributed by atoms with Crippen molar-refractivity contribution in [2.24, 2.45) is 10.5 Å². The summed E-state index contributed by atoms with van der Waals surface area (Å²) in [6.45, 7) is 10.9. The van der Waals surface area contributed by atoms with E-state index in [4.69, 9.17) is 4.74 Å². The predicted octanol–water partition coefficient (Wildman–Crippen LogP) is 6.92. The lowest BCUT2D eigenvalue weighted by molar-refractivity contribution is -0.123. The van der Waals surface area contributed by atoms with Crippen LogP contribution in [0.2, 0.25) is 0 Å². The molecule has 0 aliphatic carbocycles. The third-order valence-corrected chi connectivity index (χ3v) is 6.15. The number of aromatic hydroxyl groups is 1. The monoisotopic (exact) mass is 616 g/mol. The van der Waals surface area contributed by atoms with Gasteiger partial charge in [-0.15, -0.1) is 0 Å². The Morgan fingerprint density at radius 3 is 2.29 bits per heavy atom. The molecule has 1 amide bonds. The highest BCUT2D eigenvalue weighted by atomic mass is 79.9. The molecule has 2 N–H and O–H groups in total. The van der Waals surface area contributed by atoms with Crippen molar-refractivity contribution in [3.05, 3.63) is 54.9 Å². The van der Waals surface area contributed by atoms with E-state index in [0.717, 1.165) is 19.8 Å². The van der Waals surface area contributed by atoms with Gasteiger partial charge in [0, 0.05) is 10.0 Å². The molecule has 0 fully saturated rings. The van der Waals surface area contributed by atoms with Gasteiger partial charge < -0.3 is 9.84 Å². The van der Waals surface area contributed by atoms with E-state index in [9.17, 15) is 9.90 Å². The van der Waals surface area contributed by atoms with Gasteiger partial charge in [0.25, 0.3) is 5.91 Å². The number of carbonyl (C=O) groups is 1. The first-order valence-corrected chi connectivity index (χ1v) is 12.1. The first-order chi connectivity index (χ1) is 14.3. The Morgan fingerprint density at radius 2 is 1.71 bits per heavy atom. The summed E-state index contributed by atoms with van der Waals surface area (Å²) in [5.41, 5.74) is 4.23. The zero-order valence-electron chi connectivity index (χ0n) is 18.2. The Balaban J connectivity index is 2.02. The molecular weight excluding hydrogens is 592 g/mol. The molecule has 0 saturated carbocycles. The molecule has 0 bridgehead atoms. The lowest BCUT2D eigenvalue weighted by Crippen LogP contribution is -2.26. The summed E-state index contributed by atoms with van der Waals surface area (Å²) in [7, 11) is 0. The maximum Gasteiger partial charge on any atom is 0.277 e. The van der Waals surface area contributed by atoms with Crippen LogP contribution >= 0.6 is 47.8 Å². The number of hydrogen-bond acceptors (Lipinski definition) is 4. The molecule has 0 unspecified atom stereocenters. The fraction of sp³-hybridized carbons (Fsp3) is 0.391. The van der Waals surface area contributed by atoms with Crippen molar-refractivity contribution < 1.29 is 14.6 Å². The normalized spacial score (nSPS) is 12.3. The molecule has 0 aliphatic heterocycles. The first kappa shape index (κ1) is 25.9. The van der Waals surface area contributed by atoms with E-state index in [-0.39, 0.29) is 23.2 Å². The number of ether oxygens (including phenoxy) is 1. The third-order valence-electron chi connectivity index (χ3n) is 4.48. The Hall–Kier alpha value is -1.38. The molecule has 0 radical (unpaired) electrons. The molecule has 5 nitrogen and oxygen atoms in total. The molecule has 0 heterocycles. The first-order valence-electron chi connectivity index (χ1n) is 9.71. The van der Waals surface area contributed by atoms with E-state index in [1.54, 1.807) is 12.1 Å². The molecular formula is C23H27Br3N2O3. The van der Waals surface area contributed by atoms with Crippen LogP contribution in [0.15, 0.2) is 48.9 Å². The van der Waals surface area contributed by atoms with Gasteiger partial charge in [0.1, 0.15) is 11.5 Å². The molecule has 0 aliphatic rings. The highest BCUT2D eigenvalue weighted by molar-refractivity contribution is 9.11. The minimum atomic E-state index is -0.415. The predicted molar refractivity (Wildman–Crippen MR) is 136 cm³/mol. The fourth-order valence-corrected chi connectivity index (χ4v) is 5.28. The number of hydrogen-bond donors (Lipinski definition) is 2. The summed E-state index contributed by atoms with van der Waals surface area (Å²) >= 11 is 10.5. The third kappa shape index (κ3) is 7.91. The van der Waals surface area contributed by atoms with Gasteiger partial charge in [0.15, 0.2) is 6.61 Å². The van der Waals surface area contributed by atoms with Gasteiger partial charge in [-0.2, -0.15) is 5.10 Å². The molecule has 0 spiro atoms. The average molecular weight is 619 g/mol. The number of benzene rings is 2. The molecule has 0 aromatic heterocycles. The largest absolute Gasteiger partial charge is 0.507 e. The number of nitrogens with one attached hydrogen (secondary N) is 1. The molecule has 0 atom stereocenters. The highest BCUT2D eigenvalue weighted by Crippen LogP contribution is 2.42. The van der Waals surface area contributed by atoms with Crippen LogP contribution in [0.3, 0.4) is 0 Å². The Bertz CT molecular complexity index is 960. The number of hydrazone groups is 1. The summed E-state index contributed by atoms with van der Waals surface area (Å²) in [5.74, 6) is 0.209. The number of phenolic OH excluding ortho intramolecular Hbond substituents is 1. The van der Waals surface area contributed by atoms with E-state index in [0.29, 0.717) is 11.3 Å². The second-order valence-corrected chi connectivity index (χ2v) is 11.8. The molecule has 168 valence electrons. The number of amides is 1. The maximum absolute atomic E-state index is 12.1. The van der Waals surface area contributed by atoms with Crippen LogP contribution < -0.4 is 10.2 Å². The van der Waals surface area contributed by atoms with Gasteiger partial charge in [-0.05, 0) is 85.0 Å². The average Bonchev–Trinajstić information content (AvgIpc) is 2.61. The summed E-state index contributed by atoms with van der Waals surface area (Å²) in [5, 5.41) is 13.7. The second kappa shape index (κ2) is 10.5. The summed E-state index contributed by atoms with van der Waals surface area (Å²) < 4.78 is 8.05. The van der Waals surface area contributed by atoms with E-state index in [1.807, 2.05) is 12.1 Å². The van der Waals surface area contributed by atoms with Crippen LogP contribution in [-0.2, 0) is 10.2 Å². The van der Waals surface area contributed by atoms with Crippen LogP contribution in [0.4, 0.5) is 0 Å². The van der Waals surface area contributed by atoms with Gasteiger partial charge in [-0.25, -0.2) is 5.43 Å². The topological polar surface area (TPSA) is 70.9 Å². The lowest BCUT2D eigenvalue weighted by atomic mass is 9.72. The number of phenols is 1.